The van der Waals surface area contributed by atoms with Crippen molar-refractivity contribution in [2.24, 2.45) is 5.92 Å². The van der Waals surface area contributed by atoms with E-state index in [9.17, 15) is 4.79 Å². The molecule has 94 valence electrons. The second-order valence-electron chi connectivity index (χ2n) is 5.35. The first-order valence-electron chi connectivity index (χ1n) is 6.83. The number of rotatable bonds is 4. The topological polar surface area (TPSA) is 20.3 Å². The average molecular weight is 241 g/mol. The van der Waals surface area contributed by atoms with Crippen molar-refractivity contribution in [2.75, 3.05) is 13.1 Å². The Bertz CT molecular complexity index is 448. The van der Waals surface area contributed by atoms with Crippen LogP contribution in [0.5, 0.6) is 0 Å². The monoisotopic (exact) mass is 241 g/mol. The second-order valence-corrected chi connectivity index (χ2v) is 5.35. The van der Waals surface area contributed by atoms with Crippen molar-refractivity contribution in [3.05, 3.63) is 47.5 Å². The first-order chi connectivity index (χ1) is 8.83. The molecule has 2 heteroatoms. The number of carbonyl (C=O) groups excluding carboxylic acids is 1. The lowest BCUT2D eigenvalue weighted by molar-refractivity contribution is 0.0855. The van der Waals surface area contributed by atoms with E-state index in [1.807, 2.05) is 12.1 Å². The van der Waals surface area contributed by atoms with Gasteiger partial charge in [0.1, 0.15) is 0 Å². The van der Waals surface area contributed by atoms with Crippen LogP contribution in [0.1, 0.15) is 35.2 Å². The molecule has 0 N–H and O–H groups in total. The summed E-state index contributed by atoms with van der Waals surface area (Å²) in [5.74, 6) is 0.647. The smallest absolute Gasteiger partial charge is 0.165 e. The second kappa shape index (κ2) is 5.07. The summed E-state index contributed by atoms with van der Waals surface area (Å²) in [5.41, 5.74) is 2.19. The van der Waals surface area contributed by atoms with E-state index in [2.05, 4.69) is 29.2 Å². The largest absolute Gasteiger partial charge is 0.294 e. The van der Waals surface area contributed by atoms with Gasteiger partial charge in [-0.1, -0.05) is 42.8 Å². The van der Waals surface area contributed by atoms with E-state index >= 15 is 0 Å². The molecule has 1 aromatic carbocycles. The molecule has 1 heterocycles. The summed E-state index contributed by atoms with van der Waals surface area (Å²) in [7, 11) is 0. The first-order valence-corrected chi connectivity index (χ1v) is 6.83. The predicted octanol–water partition coefficient (Wildman–Crippen LogP) is 3.04. The summed E-state index contributed by atoms with van der Waals surface area (Å²) >= 11 is 0. The third-order valence-electron chi connectivity index (χ3n) is 4.01. The molecule has 0 atom stereocenters. The average Bonchev–Trinajstić information content (AvgIpc) is 2.80. The van der Waals surface area contributed by atoms with Crippen LogP contribution >= 0.6 is 0 Å². The molecular weight excluding hydrogens is 222 g/mol. The Morgan fingerprint density at radius 3 is 2.33 bits per heavy atom. The SMILES string of the molecule is O=C(c1ccc(CN2CC=CC2)cc1)C1CCC1. The van der Waals surface area contributed by atoms with E-state index in [1.165, 1.54) is 12.0 Å². The summed E-state index contributed by atoms with van der Waals surface area (Å²) in [5, 5.41) is 0. The van der Waals surface area contributed by atoms with E-state index < -0.39 is 0 Å². The molecule has 1 aromatic rings. The summed E-state index contributed by atoms with van der Waals surface area (Å²) in [4.78, 5) is 14.4. The Morgan fingerprint density at radius 2 is 1.78 bits per heavy atom. The predicted molar refractivity (Wildman–Crippen MR) is 72.5 cm³/mol. The van der Waals surface area contributed by atoms with Crippen LogP contribution < -0.4 is 0 Å². The van der Waals surface area contributed by atoms with Gasteiger partial charge in [0.25, 0.3) is 0 Å². The summed E-state index contributed by atoms with van der Waals surface area (Å²) in [6, 6.07) is 8.20. The molecule has 1 saturated carbocycles. The Hall–Kier alpha value is -1.41. The maximum atomic E-state index is 12.1. The molecule has 0 radical (unpaired) electrons. The molecule has 0 aromatic heterocycles. The van der Waals surface area contributed by atoms with E-state index in [-0.39, 0.29) is 0 Å². The molecule has 2 nitrogen and oxygen atoms in total. The minimum Gasteiger partial charge on any atom is -0.294 e. The zero-order chi connectivity index (χ0) is 12.4. The zero-order valence-electron chi connectivity index (χ0n) is 10.6. The van der Waals surface area contributed by atoms with Gasteiger partial charge in [-0.2, -0.15) is 0 Å². The molecule has 18 heavy (non-hydrogen) atoms. The highest BCUT2D eigenvalue weighted by Crippen LogP contribution is 2.29. The Balaban J connectivity index is 1.63. The highest BCUT2D eigenvalue weighted by Gasteiger charge is 2.25. The molecular formula is C16H19NO. The molecule has 0 bridgehead atoms. The van der Waals surface area contributed by atoms with E-state index in [1.54, 1.807) is 0 Å². The third kappa shape index (κ3) is 2.39. The van der Waals surface area contributed by atoms with Crippen molar-refractivity contribution in [1.82, 2.24) is 4.90 Å². The fraction of sp³-hybridized carbons (Fsp3) is 0.438. The normalized spacial score (nSPS) is 20.0. The Kier molecular flexibility index (Phi) is 3.28. The molecule has 1 aliphatic carbocycles. The van der Waals surface area contributed by atoms with Gasteiger partial charge in [-0.15, -0.1) is 0 Å². The number of nitrogens with zero attached hydrogens (tertiary/aromatic N) is 1. The van der Waals surface area contributed by atoms with Crippen LogP contribution in [-0.2, 0) is 6.54 Å². The van der Waals surface area contributed by atoms with Gasteiger partial charge in [0.2, 0.25) is 0 Å². The maximum Gasteiger partial charge on any atom is 0.165 e. The van der Waals surface area contributed by atoms with E-state index in [0.717, 1.165) is 38.0 Å². The Labute approximate surface area is 108 Å². The molecule has 1 aliphatic heterocycles. The summed E-state index contributed by atoms with van der Waals surface area (Å²) in [6.45, 7) is 3.07. The van der Waals surface area contributed by atoms with Crippen LogP contribution in [0.15, 0.2) is 36.4 Å². The van der Waals surface area contributed by atoms with Gasteiger partial charge >= 0.3 is 0 Å². The van der Waals surface area contributed by atoms with Gasteiger partial charge in [-0.25, -0.2) is 0 Å². The van der Waals surface area contributed by atoms with Crippen LogP contribution in [0.3, 0.4) is 0 Å². The van der Waals surface area contributed by atoms with Crippen LogP contribution in [-0.4, -0.2) is 23.8 Å². The van der Waals surface area contributed by atoms with Gasteiger partial charge in [-0.05, 0) is 18.4 Å². The van der Waals surface area contributed by atoms with Crippen molar-refractivity contribution in [3.63, 3.8) is 0 Å². The van der Waals surface area contributed by atoms with Gasteiger partial charge in [0, 0.05) is 31.1 Å². The molecule has 0 saturated heterocycles. The fourth-order valence-electron chi connectivity index (χ4n) is 2.59. The number of Topliss-reactive ketones (excluding diaryl/α,β-unsaturated/α-hetero) is 1. The van der Waals surface area contributed by atoms with Crippen LogP contribution in [0, 0.1) is 5.92 Å². The summed E-state index contributed by atoms with van der Waals surface area (Å²) < 4.78 is 0. The fourth-order valence-corrected chi connectivity index (χ4v) is 2.59. The quantitative estimate of drug-likeness (QED) is 0.596. The van der Waals surface area contributed by atoms with Gasteiger partial charge in [0.05, 0.1) is 0 Å². The highest BCUT2D eigenvalue weighted by molar-refractivity contribution is 5.98. The highest BCUT2D eigenvalue weighted by atomic mass is 16.1. The number of ketones is 1. The van der Waals surface area contributed by atoms with Gasteiger partial charge in [-0.3, -0.25) is 9.69 Å². The van der Waals surface area contributed by atoms with Crippen molar-refractivity contribution < 1.29 is 4.79 Å². The minimum absolute atomic E-state index is 0.304. The zero-order valence-corrected chi connectivity index (χ0v) is 10.6. The van der Waals surface area contributed by atoms with Crippen molar-refractivity contribution in [2.45, 2.75) is 25.8 Å². The molecule has 2 aliphatic rings. The van der Waals surface area contributed by atoms with Crippen LogP contribution in [0.2, 0.25) is 0 Å². The van der Waals surface area contributed by atoms with Gasteiger partial charge < -0.3 is 0 Å². The first kappa shape index (κ1) is 11.7. The molecule has 0 unspecified atom stereocenters. The lowest BCUT2D eigenvalue weighted by Crippen LogP contribution is -2.22. The molecule has 0 amide bonds. The number of hydrogen-bond acceptors (Lipinski definition) is 2. The van der Waals surface area contributed by atoms with Crippen LogP contribution in [0.25, 0.3) is 0 Å². The maximum absolute atomic E-state index is 12.1. The standard InChI is InChI=1S/C16H19NO/c18-16(14-4-3-5-14)15-8-6-13(7-9-15)12-17-10-1-2-11-17/h1-2,6-9,14H,3-5,10-12H2. The van der Waals surface area contributed by atoms with Crippen molar-refractivity contribution >= 4 is 5.78 Å². The Morgan fingerprint density at radius 1 is 1.11 bits per heavy atom. The third-order valence-corrected chi connectivity index (χ3v) is 4.01. The number of benzene rings is 1. The lowest BCUT2D eigenvalue weighted by Gasteiger charge is -2.23. The van der Waals surface area contributed by atoms with Crippen LogP contribution in [0.4, 0.5) is 0 Å². The molecule has 0 spiro atoms. The molecule has 1 fully saturated rings. The van der Waals surface area contributed by atoms with E-state index in [0.29, 0.717) is 11.7 Å². The number of hydrogen-bond donors (Lipinski definition) is 0. The van der Waals surface area contributed by atoms with Gasteiger partial charge in [0.15, 0.2) is 5.78 Å². The summed E-state index contributed by atoms with van der Waals surface area (Å²) in [6.07, 6.45) is 7.79. The van der Waals surface area contributed by atoms with E-state index in [4.69, 9.17) is 0 Å². The lowest BCUT2D eigenvalue weighted by atomic mass is 9.80. The molecule has 3 rings (SSSR count). The minimum atomic E-state index is 0.304. The van der Waals surface area contributed by atoms with Crippen molar-refractivity contribution in [3.8, 4) is 0 Å². The van der Waals surface area contributed by atoms with Crippen molar-refractivity contribution in [1.29, 1.82) is 0 Å². The number of carbonyl (C=O) groups is 1.